The lowest BCUT2D eigenvalue weighted by molar-refractivity contribution is 0.461. The van der Waals surface area contributed by atoms with Gasteiger partial charge in [-0.15, -0.1) is 0 Å². The van der Waals surface area contributed by atoms with Crippen LogP contribution in [0, 0.1) is 11.8 Å². The van der Waals surface area contributed by atoms with Crippen molar-refractivity contribution in [3.63, 3.8) is 0 Å². The van der Waals surface area contributed by atoms with Crippen LogP contribution in [0.1, 0.15) is 25.3 Å². The number of nitrogens with zero attached hydrogens (tertiary/aromatic N) is 1. The smallest absolute Gasteiger partial charge is 0.0361 e. The van der Waals surface area contributed by atoms with Crippen molar-refractivity contribution in [1.82, 2.24) is 5.32 Å². The molecule has 94 valence electrons. The van der Waals surface area contributed by atoms with E-state index in [9.17, 15) is 0 Å². The Balaban J connectivity index is 1.74. The van der Waals surface area contributed by atoms with Gasteiger partial charge in [0.05, 0.1) is 0 Å². The van der Waals surface area contributed by atoms with E-state index in [0.29, 0.717) is 0 Å². The Morgan fingerprint density at radius 2 is 1.88 bits per heavy atom. The Morgan fingerprint density at radius 3 is 2.41 bits per heavy atom. The van der Waals surface area contributed by atoms with Crippen LogP contribution in [0.2, 0.25) is 0 Å². The van der Waals surface area contributed by atoms with E-state index in [-0.39, 0.29) is 0 Å². The maximum absolute atomic E-state index is 3.56. The van der Waals surface area contributed by atoms with Crippen molar-refractivity contribution in [2.24, 2.45) is 11.8 Å². The summed E-state index contributed by atoms with van der Waals surface area (Å²) in [5, 5.41) is 3.56. The van der Waals surface area contributed by atoms with Crippen molar-refractivity contribution in [2.45, 2.75) is 26.3 Å². The zero-order chi connectivity index (χ0) is 12.3. The van der Waals surface area contributed by atoms with Crippen LogP contribution in [-0.2, 0) is 6.54 Å². The molecule has 1 unspecified atom stereocenters. The van der Waals surface area contributed by atoms with Gasteiger partial charge in [-0.2, -0.15) is 0 Å². The molecule has 2 rings (SSSR count). The van der Waals surface area contributed by atoms with E-state index >= 15 is 0 Å². The number of hydrogen-bond donors (Lipinski definition) is 1. The van der Waals surface area contributed by atoms with E-state index in [1.807, 2.05) is 0 Å². The van der Waals surface area contributed by atoms with Gasteiger partial charge in [0.25, 0.3) is 0 Å². The SMILES string of the molecule is CC(CNCc1ccc(N(C)C)cc1)C1CC1. The lowest BCUT2D eigenvalue weighted by Crippen LogP contribution is -2.21. The van der Waals surface area contributed by atoms with Crippen LogP contribution in [0.4, 0.5) is 5.69 Å². The molecule has 1 atom stereocenters. The lowest BCUT2D eigenvalue weighted by Gasteiger charge is -2.14. The van der Waals surface area contributed by atoms with Gasteiger partial charge in [-0.05, 0) is 48.9 Å². The van der Waals surface area contributed by atoms with Crippen LogP contribution in [0.3, 0.4) is 0 Å². The number of anilines is 1. The monoisotopic (exact) mass is 232 g/mol. The Bertz CT molecular complexity index is 338. The number of nitrogens with one attached hydrogen (secondary N) is 1. The maximum atomic E-state index is 3.56. The van der Waals surface area contributed by atoms with Gasteiger partial charge < -0.3 is 10.2 Å². The van der Waals surface area contributed by atoms with E-state index in [0.717, 1.165) is 24.9 Å². The van der Waals surface area contributed by atoms with E-state index < -0.39 is 0 Å². The normalized spacial score (nSPS) is 16.9. The maximum Gasteiger partial charge on any atom is 0.0361 e. The standard InChI is InChI=1S/C15H24N2/c1-12(14-6-7-14)10-16-11-13-4-8-15(9-5-13)17(2)3/h4-5,8-9,12,14,16H,6-7,10-11H2,1-3H3. The number of benzene rings is 1. The second-order valence-corrected chi connectivity index (χ2v) is 5.51. The fraction of sp³-hybridized carbons (Fsp3) is 0.600. The molecule has 2 nitrogen and oxygen atoms in total. The average molecular weight is 232 g/mol. The summed E-state index contributed by atoms with van der Waals surface area (Å²) in [7, 11) is 4.15. The van der Waals surface area contributed by atoms with E-state index in [1.54, 1.807) is 0 Å². The fourth-order valence-electron chi connectivity index (χ4n) is 2.19. The van der Waals surface area contributed by atoms with Gasteiger partial charge in [0.15, 0.2) is 0 Å². The third-order valence-electron chi connectivity index (χ3n) is 3.67. The zero-order valence-electron chi connectivity index (χ0n) is 11.2. The molecule has 0 bridgehead atoms. The van der Waals surface area contributed by atoms with Crippen LogP contribution in [0.15, 0.2) is 24.3 Å². The Morgan fingerprint density at radius 1 is 1.24 bits per heavy atom. The molecule has 0 aliphatic heterocycles. The Labute approximate surface area is 105 Å². The van der Waals surface area contributed by atoms with E-state index in [4.69, 9.17) is 0 Å². The molecule has 1 aliphatic carbocycles. The summed E-state index contributed by atoms with van der Waals surface area (Å²) in [5.41, 5.74) is 2.64. The van der Waals surface area contributed by atoms with Crippen molar-refractivity contribution in [2.75, 3.05) is 25.5 Å². The second kappa shape index (κ2) is 5.54. The minimum Gasteiger partial charge on any atom is -0.378 e. The highest BCUT2D eigenvalue weighted by atomic mass is 15.1. The summed E-state index contributed by atoms with van der Waals surface area (Å²) in [6, 6.07) is 8.79. The molecule has 0 spiro atoms. The van der Waals surface area contributed by atoms with Crippen molar-refractivity contribution in [1.29, 1.82) is 0 Å². The predicted molar refractivity (Wildman–Crippen MR) is 74.4 cm³/mol. The summed E-state index contributed by atoms with van der Waals surface area (Å²) in [4.78, 5) is 2.13. The summed E-state index contributed by atoms with van der Waals surface area (Å²) in [6.07, 6.45) is 2.89. The molecule has 0 radical (unpaired) electrons. The summed E-state index contributed by atoms with van der Waals surface area (Å²) in [6.45, 7) is 4.50. The molecule has 1 fully saturated rings. The van der Waals surface area contributed by atoms with Gasteiger partial charge >= 0.3 is 0 Å². The molecule has 1 aromatic carbocycles. The van der Waals surface area contributed by atoms with Crippen LogP contribution in [-0.4, -0.2) is 20.6 Å². The molecule has 0 amide bonds. The Hall–Kier alpha value is -1.02. The predicted octanol–water partition coefficient (Wildman–Crippen LogP) is 2.89. The van der Waals surface area contributed by atoms with Gasteiger partial charge in [0.1, 0.15) is 0 Å². The van der Waals surface area contributed by atoms with Gasteiger partial charge in [-0.1, -0.05) is 19.1 Å². The first kappa shape index (κ1) is 12.4. The minimum atomic E-state index is 0.844. The minimum absolute atomic E-state index is 0.844. The fourth-order valence-corrected chi connectivity index (χ4v) is 2.19. The molecule has 1 aliphatic rings. The van der Waals surface area contributed by atoms with Crippen molar-refractivity contribution in [3.05, 3.63) is 29.8 Å². The van der Waals surface area contributed by atoms with Crippen molar-refractivity contribution < 1.29 is 0 Å². The molecule has 0 saturated heterocycles. The highest BCUT2D eigenvalue weighted by Gasteiger charge is 2.27. The zero-order valence-corrected chi connectivity index (χ0v) is 11.2. The topological polar surface area (TPSA) is 15.3 Å². The molecule has 2 heteroatoms. The van der Waals surface area contributed by atoms with E-state index in [1.165, 1.54) is 24.1 Å². The first-order chi connectivity index (χ1) is 8.16. The lowest BCUT2D eigenvalue weighted by atomic mass is 10.1. The molecular weight excluding hydrogens is 208 g/mol. The van der Waals surface area contributed by atoms with Gasteiger partial charge in [-0.3, -0.25) is 0 Å². The number of rotatable bonds is 6. The molecular formula is C15H24N2. The third kappa shape index (κ3) is 3.74. The molecule has 0 heterocycles. The van der Waals surface area contributed by atoms with Gasteiger partial charge in [0.2, 0.25) is 0 Å². The van der Waals surface area contributed by atoms with Crippen molar-refractivity contribution >= 4 is 5.69 Å². The van der Waals surface area contributed by atoms with Crippen LogP contribution in [0.5, 0.6) is 0 Å². The molecule has 0 aromatic heterocycles. The largest absolute Gasteiger partial charge is 0.378 e. The highest BCUT2D eigenvalue weighted by Crippen LogP contribution is 2.36. The summed E-state index contributed by atoms with van der Waals surface area (Å²) >= 11 is 0. The number of hydrogen-bond acceptors (Lipinski definition) is 2. The van der Waals surface area contributed by atoms with Gasteiger partial charge in [0, 0.05) is 26.3 Å². The average Bonchev–Trinajstić information content (AvgIpc) is 3.13. The third-order valence-corrected chi connectivity index (χ3v) is 3.67. The Kier molecular flexibility index (Phi) is 4.06. The summed E-state index contributed by atoms with van der Waals surface area (Å²) in [5.74, 6) is 1.84. The van der Waals surface area contributed by atoms with Crippen LogP contribution < -0.4 is 10.2 Å². The van der Waals surface area contributed by atoms with Gasteiger partial charge in [-0.25, -0.2) is 0 Å². The molecule has 1 aromatic rings. The molecule has 17 heavy (non-hydrogen) atoms. The van der Waals surface area contributed by atoms with E-state index in [2.05, 4.69) is 55.5 Å². The van der Waals surface area contributed by atoms with Crippen LogP contribution in [0.25, 0.3) is 0 Å². The van der Waals surface area contributed by atoms with Crippen LogP contribution >= 0.6 is 0 Å². The first-order valence-electron chi connectivity index (χ1n) is 6.64. The first-order valence-corrected chi connectivity index (χ1v) is 6.64. The van der Waals surface area contributed by atoms with Crippen molar-refractivity contribution in [3.8, 4) is 0 Å². The second-order valence-electron chi connectivity index (χ2n) is 5.51. The molecule has 1 saturated carbocycles. The highest BCUT2D eigenvalue weighted by molar-refractivity contribution is 5.45. The summed E-state index contributed by atoms with van der Waals surface area (Å²) < 4.78 is 0. The quantitative estimate of drug-likeness (QED) is 0.811. The molecule has 1 N–H and O–H groups in total.